The van der Waals surface area contributed by atoms with E-state index in [1.807, 2.05) is 0 Å². The van der Waals surface area contributed by atoms with E-state index in [0.717, 1.165) is 0 Å². The number of nitrogens with two attached hydrogens (primary N) is 1. The molecule has 1 rings (SSSR count). The molecular weight excluding hydrogens is 180 g/mol. The Hall–Kier alpha value is -1.26. The van der Waals surface area contributed by atoms with Crippen molar-refractivity contribution in [3.05, 3.63) is 28.8 Å². The van der Waals surface area contributed by atoms with Gasteiger partial charge >= 0.3 is 5.97 Å². The molecule has 66 valence electrons. The Morgan fingerprint density at radius 1 is 1.50 bits per heavy atom. The smallest absolute Gasteiger partial charge is 0.337 e. The first kappa shape index (κ1) is 10.7. The number of aromatic carboxylic acids is 1. The zero-order valence-electron chi connectivity index (χ0n) is 6.25. The largest absolute Gasteiger partial charge is 0.478 e. The van der Waals surface area contributed by atoms with Crippen molar-refractivity contribution in [2.75, 3.05) is 5.73 Å². The van der Waals surface area contributed by atoms with Crippen molar-refractivity contribution in [3.63, 3.8) is 0 Å². The summed E-state index contributed by atoms with van der Waals surface area (Å²) in [6.07, 6.45) is 0. The molecule has 0 bridgehead atoms. The number of halogens is 1. The molecule has 1 aromatic rings. The number of nitrogen functional groups attached to an aromatic ring is 1. The first-order valence-electron chi connectivity index (χ1n) is 2.89. The molecule has 0 aliphatic heterocycles. The van der Waals surface area contributed by atoms with Gasteiger partial charge in [0.25, 0.3) is 0 Å². The van der Waals surface area contributed by atoms with E-state index in [1.165, 1.54) is 12.1 Å². The van der Waals surface area contributed by atoms with Crippen LogP contribution in [0.5, 0.6) is 0 Å². The molecule has 0 saturated heterocycles. The van der Waals surface area contributed by atoms with Crippen molar-refractivity contribution in [2.24, 2.45) is 0 Å². The Morgan fingerprint density at radius 3 is 2.50 bits per heavy atom. The molecule has 0 fully saturated rings. The minimum atomic E-state index is -1.06. The van der Waals surface area contributed by atoms with Crippen molar-refractivity contribution in [2.45, 2.75) is 0 Å². The lowest BCUT2D eigenvalue weighted by Gasteiger charge is -1.99. The number of carboxylic acids is 1. The van der Waals surface area contributed by atoms with Gasteiger partial charge in [0.15, 0.2) is 0 Å². The third-order valence-electron chi connectivity index (χ3n) is 1.25. The van der Waals surface area contributed by atoms with E-state index in [1.54, 1.807) is 6.07 Å². The summed E-state index contributed by atoms with van der Waals surface area (Å²) in [5, 5.41) is 8.92. The number of carbonyl (C=O) groups is 1. The quantitative estimate of drug-likeness (QED) is 0.585. The number of anilines is 1. The van der Waals surface area contributed by atoms with Gasteiger partial charge in [-0.05, 0) is 18.2 Å². The predicted molar refractivity (Wildman–Crippen MR) is 47.8 cm³/mol. The molecule has 0 aliphatic carbocycles. The molecule has 0 unspecified atom stereocenters. The molecule has 0 saturated carbocycles. The number of benzene rings is 1. The van der Waals surface area contributed by atoms with E-state index < -0.39 is 5.97 Å². The molecule has 6 N–H and O–H groups in total. The summed E-state index contributed by atoms with van der Waals surface area (Å²) in [6, 6.07) is 4.33. The molecule has 0 amide bonds. The summed E-state index contributed by atoms with van der Waals surface area (Å²) in [6.45, 7) is 0. The maximum atomic E-state index is 10.4. The zero-order valence-corrected chi connectivity index (χ0v) is 7.01. The van der Waals surface area contributed by atoms with Crippen LogP contribution < -0.4 is 11.9 Å². The Labute approximate surface area is 74.5 Å². The van der Waals surface area contributed by atoms with Gasteiger partial charge < -0.3 is 17.0 Å². The van der Waals surface area contributed by atoms with E-state index in [0.29, 0.717) is 5.02 Å². The van der Waals surface area contributed by atoms with Crippen LogP contribution in [0, 0.1) is 0 Å². The Balaban J connectivity index is 0.00000121. The molecule has 5 heteroatoms. The lowest BCUT2D eigenvalue weighted by molar-refractivity contribution is 0.0698. The van der Waals surface area contributed by atoms with Crippen LogP contribution in [0.15, 0.2) is 18.2 Å². The topological polar surface area (TPSA) is 98.3 Å². The van der Waals surface area contributed by atoms with E-state index in [-0.39, 0.29) is 17.4 Å². The third-order valence-corrected chi connectivity index (χ3v) is 1.48. The van der Waals surface area contributed by atoms with Gasteiger partial charge in [0.05, 0.1) is 5.56 Å². The number of hydrogen-bond acceptors (Lipinski definition) is 3. The highest BCUT2D eigenvalue weighted by molar-refractivity contribution is 6.31. The number of rotatable bonds is 1. The minimum absolute atomic E-state index is 0. The average molecular weight is 189 g/mol. The molecule has 12 heavy (non-hydrogen) atoms. The lowest BCUT2D eigenvalue weighted by Crippen LogP contribution is -2.01. The fourth-order valence-corrected chi connectivity index (χ4v) is 0.886. The van der Waals surface area contributed by atoms with Crippen LogP contribution in [-0.2, 0) is 0 Å². The van der Waals surface area contributed by atoms with Gasteiger partial charge in [0.1, 0.15) is 0 Å². The van der Waals surface area contributed by atoms with Crippen LogP contribution in [0.4, 0.5) is 5.69 Å². The zero-order chi connectivity index (χ0) is 8.43. The van der Waals surface area contributed by atoms with Gasteiger partial charge in [-0.1, -0.05) is 11.6 Å². The van der Waals surface area contributed by atoms with E-state index in [9.17, 15) is 4.79 Å². The van der Waals surface area contributed by atoms with Crippen molar-refractivity contribution in [1.29, 1.82) is 0 Å². The fourth-order valence-electron chi connectivity index (χ4n) is 0.714. The molecule has 0 aliphatic rings. The first-order valence-corrected chi connectivity index (χ1v) is 3.27. The first-order chi connectivity index (χ1) is 5.11. The average Bonchev–Trinajstić information content (AvgIpc) is 1.94. The summed E-state index contributed by atoms with van der Waals surface area (Å²) >= 11 is 5.54. The summed E-state index contributed by atoms with van der Waals surface area (Å²) in [5.74, 6) is -1.06. The van der Waals surface area contributed by atoms with Crippen molar-refractivity contribution >= 4 is 23.3 Å². The fraction of sp³-hybridized carbons (Fsp3) is 0. The van der Waals surface area contributed by atoms with Crippen LogP contribution >= 0.6 is 11.6 Å². The van der Waals surface area contributed by atoms with Crippen LogP contribution in [0.25, 0.3) is 0 Å². The van der Waals surface area contributed by atoms with Crippen molar-refractivity contribution in [3.8, 4) is 0 Å². The number of carboxylic acid groups (broad SMARTS) is 1. The predicted octanol–water partition coefficient (Wildman–Crippen LogP) is 1.78. The highest BCUT2D eigenvalue weighted by Crippen LogP contribution is 2.17. The van der Waals surface area contributed by atoms with Crippen molar-refractivity contribution < 1.29 is 9.90 Å². The molecular formula is C7H9ClN2O2. The van der Waals surface area contributed by atoms with Gasteiger partial charge in [-0.3, -0.25) is 0 Å². The molecule has 0 heterocycles. The second kappa shape index (κ2) is 3.94. The second-order valence-corrected chi connectivity index (χ2v) is 2.47. The molecule has 0 atom stereocenters. The van der Waals surface area contributed by atoms with Gasteiger partial charge in [-0.15, -0.1) is 0 Å². The molecule has 0 spiro atoms. The van der Waals surface area contributed by atoms with Crippen molar-refractivity contribution in [1.82, 2.24) is 6.15 Å². The second-order valence-electron chi connectivity index (χ2n) is 2.04. The third kappa shape index (κ3) is 2.11. The highest BCUT2D eigenvalue weighted by atomic mass is 35.5. The van der Waals surface area contributed by atoms with Crippen LogP contribution in [-0.4, -0.2) is 11.1 Å². The maximum Gasteiger partial charge on any atom is 0.337 e. The molecule has 1 aromatic carbocycles. The van der Waals surface area contributed by atoms with Gasteiger partial charge in [0, 0.05) is 10.7 Å². The Morgan fingerprint density at radius 2 is 2.08 bits per heavy atom. The van der Waals surface area contributed by atoms with Gasteiger partial charge in [-0.25, -0.2) is 4.79 Å². The maximum absolute atomic E-state index is 10.4. The van der Waals surface area contributed by atoms with E-state index in [2.05, 4.69) is 0 Å². The minimum Gasteiger partial charge on any atom is -0.478 e. The van der Waals surface area contributed by atoms with E-state index in [4.69, 9.17) is 22.4 Å². The SMILES string of the molecule is N.Nc1ccc(Cl)cc1C(=O)O. The van der Waals surface area contributed by atoms with Crippen LogP contribution in [0.3, 0.4) is 0 Å². The van der Waals surface area contributed by atoms with Gasteiger partial charge in [-0.2, -0.15) is 0 Å². The molecule has 0 radical (unpaired) electrons. The Bertz CT molecular complexity index is 301. The van der Waals surface area contributed by atoms with Gasteiger partial charge in [0.2, 0.25) is 0 Å². The summed E-state index contributed by atoms with van der Waals surface area (Å²) in [4.78, 5) is 10.4. The molecule has 0 aromatic heterocycles. The highest BCUT2D eigenvalue weighted by Gasteiger charge is 2.06. The summed E-state index contributed by atoms with van der Waals surface area (Å²) < 4.78 is 0. The normalized spacial score (nSPS) is 8.75. The van der Waals surface area contributed by atoms with E-state index >= 15 is 0 Å². The Kier molecular flexibility index (Phi) is 3.53. The standard InChI is InChI=1S/C7H6ClNO2.H3N/c8-4-1-2-6(9)5(3-4)7(10)11;/h1-3H,9H2,(H,10,11);1H3. The molecule has 4 nitrogen and oxygen atoms in total. The lowest BCUT2D eigenvalue weighted by atomic mass is 10.2. The van der Waals surface area contributed by atoms with Crippen LogP contribution in [0.2, 0.25) is 5.02 Å². The monoisotopic (exact) mass is 188 g/mol. The summed E-state index contributed by atoms with van der Waals surface area (Å²) in [7, 11) is 0. The van der Waals surface area contributed by atoms with Crippen LogP contribution in [0.1, 0.15) is 10.4 Å². The number of hydrogen-bond donors (Lipinski definition) is 3. The summed E-state index contributed by atoms with van der Waals surface area (Å²) in [5.41, 5.74) is 5.61.